The number of benzene rings is 1. The maximum absolute atomic E-state index is 11.4. The fourth-order valence-corrected chi connectivity index (χ4v) is 2.30. The molecule has 21 heavy (non-hydrogen) atoms. The van der Waals surface area contributed by atoms with Gasteiger partial charge < -0.3 is 24.3 Å². The number of carbonyl (C=O) groups is 1. The lowest BCUT2D eigenvalue weighted by Gasteiger charge is -2.12. The van der Waals surface area contributed by atoms with Crippen molar-refractivity contribution in [1.82, 2.24) is 4.57 Å². The Bertz CT molecular complexity index is 647. The number of carboxylic acid groups (broad SMARTS) is 1. The van der Waals surface area contributed by atoms with Gasteiger partial charge in [0, 0.05) is 24.2 Å². The summed E-state index contributed by atoms with van der Waals surface area (Å²) in [6, 6.07) is 3.44. The molecule has 0 fully saturated rings. The Hall–Kier alpha value is -2.21. The van der Waals surface area contributed by atoms with Gasteiger partial charge in [0.25, 0.3) is 0 Å². The first-order valence-electron chi connectivity index (χ1n) is 6.89. The molecule has 0 aliphatic rings. The van der Waals surface area contributed by atoms with Crippen LogP contribution in [-0.2, 0) is 6.54 Å². The number of aromatic nitrogens is 1. The van der Waals surface area contributed by atoms with Crippen molar-refractivity contribution in [2.75, 3.05) is 19.8 Å². The first-order valence-corrected chi connectivity index (χ1v) is 6.89. The quantitative estimate of drug-likeness (QED) is 0.817. The van der Waals surface area contributed by atoms with Gasteiger partial charge in [0.05, 0.1) is 30.9 Å². The summed E-state index contributed by atoms with van der Waals surface area (Å²) in [5.74, 6) is 0.0838. The predicted octanol–water partition coefficient (Wildman–Crippen LogP) is 2.13. The average Bonchev–Trinajstić information content (AvgIpc) is 2.79. The molecule has 6 nitrogen and oxygen atoms in total. The van der Waals surface area contributed by atoms with Crippen LogP contribution in [0.25, 0.3) is 10.9 Å². The van der Waals surface area contributed by atoms with Gasteiger partial charge >= 0.3 is 5.97 Å². The van der Waals surface area contributed by atoms with E-state index >= 15 is 0 Å². The first kappa shape index (κ1) is 15.2. The summed E-state index contributed by atoms with van der Waals surface area (Å²) < 4.78 is 12.8. The number of aliphatic hydroxyl groups excluding tert-OH is 1. The van der Waals surface area contributed by atoms with E-state index in [1.807, 2.05) is 13.8 Å². The minimum atomic E-state index is -1.01. The van der Waals surface area contributed by atoms with E-state index < -0.39 is 5.97 Å². The topological polar surface area (TPSA) is 80.9 Å². The lowest BCUT2D eigenvalue weighted by atomic mass is 10.1. The molecule has 0 saturated heterocycles. The Labute approximate surface area is 122 Å². The number of fused-ring (bicyclic) bond motifs is 1. The van der Waals surface area contributed by atoms with Crippen LogP contribution in [0.2, 0.25) is 0 Å². The van der Waals surface area contributed by atoms with Crippen molar-refractivity contribution in [2.45, 2.75) is 20.4 Å². The molecular formula is C15H19NO5. The second-order valence-electron chi connectivity index (χ2n) is 4.45. The molecule has 0 amide bonds. The van der Waals surface area contributed by atoms with Crippen LogP contribution in [0.1, 0.15) is 24.2 Å². The van der Waals surface area contributed by atoms with Gasteiger partial charge in [-0.3, -0.25) is 0 Å². The van der Waals surface area contributed by atoms with Crippen LogP contribution in [0.5, 0.6) is 11.5 Å². The van der Waals surface area contributed by atoms with Gasteiger partial charge in [-0.15, -0.1) is 0 Å². The molecule has 0 aliphatic carbocycles. The van der Waals surface area contributed by atoms with Gasteiger partial charge in [-0.05, 0) is 19.9 Å². The summed E-state index contributed by atoms with van der Waals surface area (Å²) in [6.45, 7) is 4.93. The fourth-order valence-electron chi connectivity index (χ4n) is 2.30. The molecular weight excluding hydrogens is 274 g/mol. The van der Waals surface area contributed by atoms with E-state index in [1.165, 1.54) is 6.20 Å². The van der Waals surface area contributed by atoms with E-state index in [0.717, 1.165) is 0 Å². The predicted molar refractivity (Wildman–Crippen MR) is 78.3 cm³/mol. The maximum atomic E-state index is 11.4. The van der Waals surface area contributed by atoms with Crippen LogP contribution in [0.4, 0.5) is 0 Å². The normalized spacial score (nSPS) is 10.8. The minimum Gasteiger partial charge on any atom is -0.490 e. The molecule has 114 valence electrons. The minimum absolute atomic E-state index is 0.0694. The molecule has 1 heterocycles. The molecule has 2 N–H and O–H groups in total. The SMILES string of the molecule is CCOc1cc2c(C(=O)O)cn(CCO)c2cc1OCC. The molecule has 1 aromatic heterocycles. The van der Waals surface area contributed by atoms with E-state index in [-0.39, 0.29) is 12.2 Å². The van der Waals surface area contributed by atoms with Crippen molar-refractivity contribution in [3.63, 3.8) is 0 Å². The van der Waals surface area contributed by atoms with Crippen LogP contribution in [0.15, 0.2) is 18.3 Å². The van der Waals surface area contributed by atoms with Crippen LogP contribution >= 0.6 is 0 Å². The summed E-state index contributed by atoms with van der Waals surface area (Å²) in [5, 5.41) is 19.0. The van der Waals surface area contributed by atoms with Crippen LogP contribution < -0.4 is 9.47 Å². The molecule has 1 aromatic carbocycles. The Balaban J connectivity index is 2.67. The van der Waals surface area contributed by atoms with Gasteiger partial charge in [-0.25, -0.2) is 4.79 Å². The van der Waals surface area contributed by atoms with E-state index in [2.05, 4.69) is 0 Å². The second kappa shape index (κ2) is 6.49. The third-order valence-corrected chi connectivity index (χ3v) is 3.12. The van der Waals surface area contributed by atoms with Crippen molar-refractivity contribution in [1.29, 1.82) is 0 Å². The van der Waals surface area contributed by atoms with Crippen molar-refractivity contribution in [2.24, 2.45) is 0 Å². The summed E-state index contributed by atoms with van der Waals surface area (Å²) in [7, 11) is 0. The van der Waals surface area contributed by atoms with Gasteiger partial charge in [-0.2, -0.15) is 0 Å². The molecule has 0 aliphatic heterocycles. The largest absolute Gasteiger partial charge is 0.490 e. The molecule has 2 rings (SSSR count). The van der Waals surface area contributed by atoms with Crippen LogP contribution in [-0.4, -0.2) is 40.6 Å². The third-order valence-electron chi connectivity index (χ3n) is 3.12. The highest BCUT2D eigenvalue weighted by Crippen LogP contribution is 2.35. The molecule has 2 aromatic rings. The molecule has 0 atom stereocenters. The van der Waals surface area contributed by atoms with E-state index in [1.54, 1.807) is 16.7 Å². The zero-order chi connectivity index (χ0) is 15.4. The maximum Gasteiger partial charge on any atom is 0.337 e. The standard InChI is InChI=1S/C15H19NO5/c1-3-20-13-7-10-11(15(18)19)9-16(5-6-17)12(10)8-14(13)21-4-2/h7-9,17H,3-6H2,1-2H3,(H,18,19). The number of aromatic carboxylic acids is 1. The number of ether oxygens (including phenoxy) is 2. The van der Waals surface area contributed by atoms with Gasteiger partial charge in [0.2, 0.25) is 0 Å². The van der Waals surface area contributed by atoms with Crippen molar-refractivity contribution >= 4 is 16.9 Å². The van der Waals surface area contributed by atoms with Crippen molar-refractivity contribution in [3.05, 3.63) is 23.9 Å². The number of rotatable bonds is 7. The Morgan fingerprint density at radius 2 is 1.81 bits per heavy atom. The lowest BCUT2D eigenvalue weighted by molar-refractivity contribution is 0.0698. The highest BCUT2D eigenvalue weighted by atomic mass is 16.5. The Morgan fingerprint density at radius 1 is 1.19 bits per heavy atom. The highest BCUT2D eigenvalue weighted by molar-refractivity contribution is 6.04. The Kier molecular flexibility index (Phi) is 4.70. The molecule has 0 saturated carbocycles. The number of aliphatic hydroxyl groups is 1. The monoisotopic (exact) mass is 293 g/mol. The van der Waals surface area contributed by atoms with Gasteiger partial charge in [-0.1, -0.05) is 0 Å². The fraction of sp³-hybridized carbons (Fsp3) is 0.400. The van der Waals surface area contributed by atoms with Gasteiger partial charge in [0.1, 0.15) is 0 Å². The summed E-state index contributed by atoms with van der Waals surface area (Å²) in [4.78, 5) is 11.4. The van der Waals surface area contributed by atoms with Crippen LogP contribution in [0.3, 0.4) is 0 Å². The van der Waals surface area contributed by atoms with Crippen LogP contribution in [0, 0.1) is 0 Å². The highest BCUT2D eigenvalue weighted by Gasteiger charge is 2.18. The molecule has 0 radical (unpaired) electrons. The summed E-state index contributed by atoms with van der Waals surface area (Å²) in [5.41, 5.74) is 0.885. The number of carboxylic acids is 1. The average molecular weight is 293 g/mol. The third kappa shape index (κ3) is 2.95. The molecule has 6 heteroatoms. The van der Waals surface area contributed by atoms with E-state index in [4.69, 9.17) is 14.6 Å². The number of nitrogens with zero attached hydrogens (tertiary/aromatic N) is 1. The van der Waals surface area contributed by atoms with Crippen molar-refractivity contribution < 1.29 is 24.5 Å². The smallest absolute Gasteiger partial charge is 0.337 e. The zero-order valence-electron chi connectivity index (χ0n) is 12.1. The zero-order valence-corrected chi connectivity index (χ0v) is 12.1. The summed E-state index contributed by atoms with van der Waals surface area (Å²) in [6.07, 6.45) is 1.52. The van der Waals surface area contributed by atoms with E-state index in [0.29, 0.717) is 42.2 Å². The lowest BCUT2D eigenvalue weighted by Crippen LogP contribution is -2.02. The molecule has 0 unspecified atom stereocenters. The van der Waals surface area contributed by atoms with Crippen molar-refractivity contribution in [3.8, 4) is 11.5 Å². The number of hydrogen-bond donors (Lipinski definition) is 2. The first-order chi connectivity index (χ1) is 10.1. The Morgan fingerprint density at radius 3 is 2.33 bits per heavy atom. The summed E-state index contributed by atoms with van der Waals surface area (Å²) >= 11 is 0. The number of hydrogen-bond acceptors (Lipinski definition) is 4. The van der Waals surface area contributed by atoms with Gasteiger partial charge in [0.15, 0.2) is 11.5 Å². The van der Waals surface area contributed by atoms with E-state index in [9.17, 15) is 9.90 Å². The second-order valence-corrected chi connectivity index (χ2v) is 4.45. The molecule has 0 spiro atoms. The molecule has 0 bridgehead atoms.